The van der Waals surface area contributed by atoms with Gasteiger partial charge in [0, 0.05) is 0 Å². The lowest BCUT2D eigenvalue weighted by atomic mass is 9.44. The monoisotopic (exact) mass is 993 g/mol. The Morgan fingerprint density at radius 1 is 0.681 bits per heavy atom. The van der Waals surface area contributed by atoms with Crippen molar-refractivity contribution >= 4 is 52.5 Å². The van der Waals surface area contributed by atoms with Gasteiger partial charge in [0.15, 0.2) is 0 Å². The summed E-state index contributed by atoms with van der Waals surface area (Å²) in [5.41, 5.74) is 1.66. The Morgan fingerprint density at radius 2 is 1.20 bits per heavy atom. The summed E-state index contributed by atoms with van der Waals surface area (Å²) < 4.78 is 0. The van der Waals surface area contributed by atoms with E-state index in [1.165, 1.54) is 94.9 Å². The number of allylic oxidation sites excluding steroid dienone is 1. The van der Waals surface area contributed by atoms with Crippen molar-refractivity contribution in [1.29, 1.82) is 0 Å². The Kier molecular flexibility index (Phi) is 18.0. The summed E-state index contributed by atoms with van der Waals surface area (Å²) in [7, 11) is 0. The molecule has 2 aromatic rings. The fraction of sp³-hybridized carbons (Fsp3) is 0.684. The number of rotatable bonds is 20. The van der Waals surface area contributed by atoms with Gasteiger partial charge in [0.1, 0.15) is 23.6 Å². The maximum atomic E-state index is 13.7. The van der Waals surface area contributed by atoms with Crippen LogP contribution < -0.4 is 10.6 Å². The molecule has 382 valence electrons. The number of carboxylic acids is 2. The molecule has 0 heterocycles. The van der Waals surface area contributed by atoms with E-state index in [2.05, 4.69) is 45.3 Å². The molecule has 6 N–H and O–H groups in total. The van der Waals surface area contributed by atoms with Crippen molar-refractivity contribution in [2.45, 2.75) is 177 Å². The molecule has 2 aromatic carbocycles. The summed E-state index contributed by atoms with van der Waals surface area (Å²) in [6, 6.07) is 3.48. The number of benzene rings is 2. The molecule has 10 nitrogen and oxygen atoms in total. The number of fused-ring (bicyclic) bond motifs is 5. The van der Waals surface area contributed by atoms with Gasteiger partial charge in [0.2, 0.25) is 0 Å². The Hall–Kier alpha value is -3.76. The van der Waals surface area contributed by atoms with Crippen LogP contribution in [0.5, 0.6) is 11.5 Å². The van der Waals surface area contributed by atoms with E-state index in [0.717, 1.165) is 48.3 Å². The summed E-state index contributed by atoms with van der Waals surface area (Å²) in [4.78, 5) is 51.8. The summed E-state index contributed by atoms with van der Waals surface area (Å²) >= 11 is 13.3. The molecule has 4 fully saturated rings. The van der Waals surface area contributed by atoms with Gasteiger partial charge >= 0.3 is 11.9 Å². The zero-order valence-corrected chi connectivity index (χ0v) is 44.3. The SMILES string of the molecule is CC(C)CCC[C@@H](C)[C@H]1CC[C@H]2[C@@H]3CC[C@H]4C[C@@H](CCC=C(c5cc(Cl)c(O)c(C(=O)N[C@@H](CC(C)C)C(=O)O)c5)c5cc(Cl)c(O)c(C(=O)N[C@@H](CC(C)C)C(=O)O)c5)CC[C@]4(C)[C@H]3CC[C@]12C. The van der Waals surface area contributed by atoms with Gasteiger partial charge in [0.05, 0.1) is 21.2 Å². The van der Waals surface area contributed by atoms with Crippen molar-refractivity contribution < 1.29 is 39.6 Å². The quantitative estimate of drug-likeness (QED) is 0.0760. The average molecular weight is 994 g/mol. The number of carbonyl (C=O) groups excluding carboxylic acids is 2. The molecule has 2 amide bonds. The number of phenols is 2. The predicted molar refractivity (Wildman–Crippen MR) is 276 cm³/mol. The zero-order valence-electron chi connectivity index (χ0n) is 42.8. The van der Waals surface area contributed by atoms with Crippen LogP contribution in [0.2, 0.25) is 10.0 Å². The number of halogens is 2. The van der Waals surface area contributed by atoms with E-state index in [9.17, 15) is 39.6 Å². The van der Waals surface area contributed by atoms with E-state index < -0.39 is 47.3 Å². The molecular formula is C57H82Cl2N2O8. The first-order chi connectivity index (χ1) is 32.4. The fourth-order valence-electron chi connectivity index (χ4n) is 14.2. The molecule has 0 unspecified atom stereocenters. The number of nitrogens with one attached hydrogen (secondary N) is 2. The standard InChI is InChI=1S/C57H82Cl2N2O8/c1-31(2)12-10-13-34(7)43-18-19-44-40-17-16-38-26-35(20-22-56(38,8)45(40)21-23-57(43,44)9)14-11-15-39(36-27-41(50(62)46(58)29-36)52(64)60-48(54(66)67)24-32(3)4)37-28-42(51(63)47(59)30-37)53(65)61-49(55(68)69)25-33(5)6/h15,27-35,38,40,43-45,48-49,62-63H,10-14,16-26H2,1-9H3,(H,60,64)(H,61,65)(H,66,67)(H,68,69)/t34-,35+,38+,40+,43-,44+,45+,48+,49+,56+,57-/m1/s1. The maximum absolute atomic E-state index is 13.7. The highest BCUT2D eigenvalue weighted by molar-refractivity contribution is 6.33. The highest BCUT2D eigenvalue weighted by Crippen LogP contribution is 2.69. The van der Waals surface area contributed by atoms with E-state index in [0.29, 0.717) is 45.8 Å². The van der Waals surface area contributed by atoms with E-state index >= 15 is 0 Å². The lowest BCUT2D eigenvalue weighted by molar-refractivity contribution is -0.140. The Morgan fingerprint density at radius 3 is 1.71 bits per heavy atom. The molecule has 0 spiro atoms. The molecule has 6 rings (SSSR count). The van der Waals surface area contributed by atoms with Crippen molar-refractivity contribution in [2.75, 3.05) is 0 Å². The van der Waals surface area contributed by atoms with Crippen LogP contribution in [0, 0.1) is 70.0 Å². The Bertz CT molecular complexity index is 2120. The Balaban J connectivity index is 1.25. The number of hydrogen-bond donors (Lipinski definition) is 6. The van der Waals surface area contributed by atoms with E-state index in [1.54, 1.807) is 0 Å². The minimum absolute atomic E-state index is 0.0409. The van der Waals surface area contributed by atoms with Gasteiger partial charge < -0.3 is 31.1 Å². The van der Waals surface area contributed by atoms with Crippen molar-refractivity contribution in [3.8, 4) is 11.5 Å². The highest BCUT2D eigenvalue weighted by atomic mass is 35.5. The fourth-order valence-corrected chi connectivity index (χ4v) is 14.7. The third-order valence-electron chi connectivity index (χ3n) is 17.8. The van der Waals surface area contributed by atoms with E-state index in [-0.39, 0.29) is 45.8 Å². The summed E-state index contributed by atoms with van der Waals surface area (Å²) in [5.74, 6) is 0.846. The molecule has 0 saturated heterocycles. The minimum Gasteiger partial charge on any atom is -0.506 e. The van der Waals surface area contributed by atoms with Crippen LogP contribution in [-0.4, -0.2) is 56.3 Å². The lowest BCUT2D eigenvalue weighted by Crippen LogP contribution is -2.53. The van der Waals surface area contributed by atoms with Gasteiger partial charge in [-0.25, -0.2) is 9.59 Å². The predicted octanol–water partition coefficient (Wildman–Crippen LogP) is 13.8. The van der Waals surface area contributed by atoms with Crippen LogP contribution in [0.4, 0.5) is 0 Å². The molecule has 0 radical (unpaired) electrons. The third-order valence-corrected chi connectivity index (χ3v) is 18.3. The van der Waals surface area contributed by atoms with Crippen LogP contribution >= 0.6 is 23.2 Å². The van der Waals surface area contributed by atoms with Gasteiger partial charge in [-0.1, -0.05) is 111 Å². The van der Waals surface area contributed by atoms with Gasteiger partial charge in [0.25, 0.3) is 11.8 Å². The maximum Gasteiger partial charge on any atom is 0.326 e. The van der Waals surface area contributed by atoms with Crippen molar-refractivity contribution in [1.82, 2.24) is 10.6 Å². The number of amides is 2. The largest absolute Gasteiger partial charge is 0.506 e. The molecule has 0 aromatic heterocycles. The van der Waals surface area contributed by atoms with Crippen LogP contribution in [0.3, 0.4) is 0 Å². The Labute approximate surface area is 422 Å². The molecule has 4 aliphatic carbocycles. The first-order valence-electron chi connectivity index (χ1n) is 26.3. The second kappa shape index (κ2) is 22.8. The average Bonchev–Trinajstić information content (AvgIpc) is 3.63. The molecule has 0 bridgehead atoms. The van der Waals surface area contributed by atoms with Crippen LogP contribution in [-0.2, 0) is 9.59 Å². The molecule has 0 aliphatic heterocycles. The van der Waals surface area contributed by atoms with Crippen molar-refractivity contribution in [2.24, 2.45) is 70.0 Å². The highest BCUT2D eigenvalue weighted by Gasteiger charge is 2.60. The second-order valence-electron chi connectivity index (χ2n) is 23.7. The number of hydrogen-bond acceptors (Lipinski definition) is 6. The minimum atomic E-state index is -1.21. The van der Waals surface area contributed by atoms with Crippen molar-refractivity contribution in [3.63, 3.8) is 0 Å². The smallest absolute Gasteiger partial charge is 0.326 e. The van der Waals surface area contributed by atoms with Crippen molar-refractivity contribution in [3.05, 3.63) is 62.6 Å². The molecular weight excluding hydrogens is 912 g/mol. The van der Waals surface area contributed by atoms with Crippen LogP contribution in [0.25, 0.3) is 5.57 Å². The van der Waals surface area contributed by atoms with Crippen LogP contribution in [0.1, 0.15) is 197 Å². The number of carboxylic acid groups (broad SMARTS) is 2. The number of carbonyl (C=O) groups is 4. The summed E-state index contributed by atoms with van der Waals surface area (Å²) in [6.45, 7) is 19.9. The van der Waals surface area contributed by atoms with E-state index in [4.69, 9.17) is 23.2 Å². The number of aromatic hydroxyl groups is 2. The molecule has 12 heteroatoms. The first-order valence-corrected chi connectivity index (χ1v) is 27.0. The second-order valence-corrected chi connectivity index (χ2v) is 24.5. The van der Waals surface area contributed by atoms with Gasteiger partial charge in [-0.3, -0.25) is 9.59 Å². The summed E-state index contributed by atoms with van der Waals surface area (Å²) in [5, 5.41) is 46.9. The van der Waals surface area contributed by atoms with Gasteiger partial charge in [-0.05, 0) is 194 Å². The topological polar surface area (TPSA) is 173 Å². The number of phenolic OH excluding ortho intramolecular Hbond substituents is 2. The van der Waals surface area contributed by atoms with Crippen LogP contribution in [0.15, 0.2) is 30.3 Å². The third kappa shape index (κ3) is 12.3. The first kappa shape index (κ1) is 54.6. The zero-order chi connectivity index (χ0) is 50.7. The summed E-state index contributed by atoms with van der Waals surface area (Å²) in [6.07, 6.45) is 19.6. The normalized spacial score (nSPS) is 27.7. The molecule has 69 heavy (non-hydrogen) atoms. The number of aliphatic carboxylic acids is 2. The molecule has 4 saturated carbocycles. The van der Waals surface area contributed by atoms with Gasteiger partial charge in [-0.15, -0.1) is 0 Å². The molecule has 11 atom stereocenters. The molecule has 4 aliphatic rings. The van der Waals surface area contributed by atoms with Gasteiger partial charge in [-0.2, -0.15) is 0 Å². The lowest BCUT2D eigenvalue weighted by Gasteiger charge is -2.61. The van der Waals surface area contributed by atoms with E-state index in [1.807, 2.05) is 33.8 Å².